The van der Waals surface area contributed by atoms with Crippen LogP contribution >= 0.6 is 21.8 Å². The van der Waals surface area contributed by atoms with Gasteiger partial charge in [0, 0.05) is 5.56 Å². The third kappa shape index (κ3) is 4.53. The number of hydrogen-bond acceptors (Lipinski definition) is 3. The molecule has 1 aromatic rings. The zero-order chi connectivity index (χ0) is 20.2. The van der Waals surface area contributed by atoms with Crippen LogP contribution in [0.3, 0.4) is 0 Å². The fraction of sp³-hybridized carbons (Fsp3) is 0.308. The van der Waals surface area contributed by atoms with Gasteiger partial charge < -0.3 is 9.47 Å². The number of fused-ring (bicyclic) bond motifs is 1. The van der Waals surface area contributed by atoms with E-state index in [9.17, 15) is 37.4 Å². The molecule has 1 heterocycles. The van der Waals surface area contributed by atoms with Crippen LogP contribution in [0.15, 0.2) is 28.7 Å². The van der Waals surface area contributed by atoms with Crippen LogP contribution < -0.4 is 4.74 Å². The van der Waals surface area contributed by atoms with Crippen LogP contribution in [0, 0.1) is 0 Å². The molecule has 13 heteroatoms. The molecule has 2 rings (SSSR count). The zero-order valence-electron chi connectivity index (χ0n) is 12.5. The lowest BCUT2D eigenvalue weighted by atomic mass is 10.0. The second kappa shape index (κ2) is 5.41. The molecule has 0 radical (unpaired) electrons. The van der Waals surface area contributed by atoms with Crippen LogP contribution in [-0.4, -0.2) is 23.8 Å². The van der Waals surface area contributed by atoms with Crippen LogP contribution in [0.1, 0.15) is 12.5 Å². The first-order chi connectivity index (χ1) is 11.4. The highest BCUT2D eigenvalue weighted by atomic mass is 35.5. The monoisotopic (exact) mass is 432 g/mol. The van der Waals surface area contributed by atoms with Crippen molar-refractivity contribution in [2.45, 2.75) is 29.7 Å². The predicted molar refractivity (Wildman–Crippen MR) is 77.7 cm³/mol. The molecule has 0 saturated heterocycles. The molecular weight excluding hydrogens is 424 g/mol. The van der Waals surface area contributed by atoms with E-state index in [0.29, 0.717) is 12.1 Å². The van der Waals surface area contributed by atoms with Gasteiger partial charge in [0.1, 0.15) is 10.6 Å². The van der Waals surface area contributed by atoms with E-state index in [4.69, 9.17) is 11.6 Å². The summed E-state index contributed by atoms with van der Waals surface area (Å²) in [6, 6.07) is 0.136. The van der Waals surface area contributed by atoms with Gasteiger partial charge in [-0.1, -0.05) is 31.0 Å². The molecule has 0 fully saturated rings. The molecule has 0 amide bonds. The summed E-state index contributed by atoms with van der Waals surface area (Å²) in [5, 5.41) is 0. The molecule has 148 valence electrons. The minimum atomic E-state index is -10.1. The number of ether oxygens (including phenoxy) is 2. The number of alkyl halides is 4. The fourth-order valence-corrected chi connectivity index (χ4v) is 2.80. The van der Waals surface area contributed by atoms with E-state index in [2.05, 4.69) is 9.47 Å². The van der Waals surface area contributed by atoms with Crippen molar-refractivity contribution in [2.24, 2.45) is 0 Å². The molecule has 26 heavy (non-hydrogen) atoms. The highest BCUT2D eigenvalue weighted by Crippen LogP contribution is 3.02. The highest BCUT2D eigenvalue weighted by molar-refractivity contribution is 8.45. The van der Waals surface area contributed by atoms with E-state index in [1.54, 1.807) is 0 Å². The topological polar surface area (TPSA) is 35.5 Å². The fourth-order valence-electron chi connectivity index (χ4n) is 2.04. The molecule has 2 unspecified atom stereocenters. The van der Waals surface area contributed by atoms with Crippen LogP contribution in [0.25, 0.3) is 6.08 Å². The van der Waals surface area contributed by atoms with E-state index in [0.717, 1.165) is 6.92 Å². The van der Waals surface area contributed by atoms with E-state index in [-0.39, 0.29) is 12.1 Å². The Morgan fingerprint density at radius 1 is 1.23 bits per heavy atom. The summed E-state index contributed by atoms with van der Waals surface area (Å²) >= 11 is 5.34. The van der Waals surface area contributed by atoms with Crippen molar-refractivity contribution in [3.05, 3.63) is 29.3 Å². The van der Waals surface area contributed by atoms with Crippen molar-refractivity contribution in [3.63, 3.8) is 0 Å². The van der Waals surface area contributed by atoms with Gasteiger partial charge in [0.15, 0.2) is 5.56 Å². The number of rotatable bonds is 3. The van der Waals surface area contributed by atoms with Crippen molar-refractivity contribution in [3.8, 4) is 5.75 Å². The number of carbonyl (C=O) groups excluding carboxylic acids is 1. The lowest BCUT2D eigenvalue weighted by molar-refractivity contribution is -0.188. The lowest BCUT2D eigenvalue weighted by Gasteiger charge is -2.41. The van der Waals surface area contributed by atoms with Crippen LogP contribution in [0.2, 0.25) is 0 Å². The summed E-state index contributed by atoms with van der Waals surface area (Å²) in [4.78, 5) is 9.43. The van der Waals surface area contributed by atoms with Gasteiger partial charge in [0.05, 0.1) is 5.57 Å². The highest BCUT2D eigenvalue weighted by Gasteiger charge is 2.65. The second-order valence-electron chi connectivity index (χ2n) is 5.26. The van der Waals surface area contributed by atoms with Gasteiger partial charge in [-0.15, -0.1) is 0 Å². The largest absolute Gasteiger partial charge is 0.475 e. The second-order valence-corrected chi connectivity index (χ2v) is 8.28. The number of hydrogen-bond donors (Lipinski definition) is 0. The predicted octanol–water partition coefficient (Wildman–Crippen LogP) is 6.18. The maximum absolute atomic E-state index is 13.1. The Bertz CT molecular complexity index is 785. The molecule has 0 spiro atoms. The molecule has 0 aromatic heterocycles. The quantitative estimate of drug-likeness (QED) is 0.325. The molecule has 0 bridgehead atoms. The van der Waals surface area contributed by atoms with Crippen LogP contribution in [0.4, 0.5) is 32.6 Å². The van der Waals surface area contributed by atoms with Gasteiger partial charge in [-0.05, 0) is 31.2 Å². The first-order valence-corrected chi connectivity index (χ1v) is 8.95. The van der Waals surface area contributed by atoms with E-state index < -0.39 is 55.8 Å². The Labute approximate surface area is 146 Å². The molecular formula is C13H9ClF8O3S. The maximum Gasteiger partial charge on any atom is 0.430 e. The van der Waals surface area contributed by atoms with Crippen molar-refractivity contribution < 1.29 is 46.9 Å². The summed E-state index contributed by atoms with van der Waals surface area (Å²) in [6.45, 7) is 1.10. The Morgan fingerprint density at radius 2 is 1.81 bits per heavy atom. The molecule has 2 atom stereocenters. The minimum Gasteiger partial charge on any atom is -0.475 e. The van der Waals surface area contributed by atoms with Gasteiger partial charge in [0.25, 0.3) is 0 Å². The molecule has 0 aliphatic carbocycles. The summed E-state index contributed by atoms with van der Waals surface area (Å²) in [5.41, 5.74) is -3.36. The Kier molecular flexibility index (Phi) is 4.29. The zero-order valence-corrected chi connectivity index (χ0v) is 14.1. The van der Waals surface area contributed by atoms with Crippen molar-refractivity contribution in [1.29, 1.82) is 0 Å². The molecule has 1 aromatic carbocycles. The summed E-state index contributed by atoms with van der Waals surface area (Å²) in [7, 11) is -10.1. The van der Waals surface area contributed by atoms with Gasteiger partial charge in [-0.2, -0.15) is 13.2 Å². The standard InChI is InChI=1S/C13H9ClF8O3S/c1-6(14)24-12(23)9-5-7-4-8(26(18,19,20,21)22)2-3-10(7)25-11(9)13(15,16)17/h2-6,11H,1H3. The van der Waals surface area contributed by atoms with E-state index in [1.807, 2.05) is 0 Å². The molecule has 1 aliphatic heterocycles. The van der Waals surface area contributed by atoms with E-state index in [1.165, 1.54) is 0 Å². The summed E-state index contributed by atoms with van der Waals surface area (Å²) in [6.07, 6.45) is -7.63. The first kappa shape index (κ1) is 20.6. The Balaban J connectivity index is 2.61. The normalized spacial score (nSPS) is 21.5. The first-order valence-electron chi connectivity index (χ1n) is 6.56. The molecule has 0 saturated carbocycles. The lowest BCUT2D eigenvalue weighted by Crippen LogP contribution is -2.41. The SMILES string of the molecule is CC(Cl)OC(=O)C1=Cc2cc(S(F)(F)(F)(F)F)ccc2OC1C(F)(F)F. The number of esters is 1. The maximum atomic E-state index is 13.1. The van der Waals surface area contributed by atoms with Gasteiger partial charge in [-0.3, -0.25) is 0 Å². The number of halogens is 9. The smallest absolute Gasteiger partial charge is 0.430 e. The number of carbonyl (C=O) groups is 1. The average molecular weight is 433 g/mol. The Morgan fingerprint density at radius 3 is 2.27 bits per heavy atom. The van der Waals surface area contributed by atoms with Crippen molar-refractivity contribution >= 4 is 33.9 Å². The third-order valence-corrected chi connectivity index (χ3v) is 4.30. The molecule has 1 aliphatic rings. The average Bonchev–Trinajstić information content (AvgIpc) is 2.41. The molecule has 3 nitrogen and oxygen atoms in total. The summed E-state index contributed by atoms with van der Waals surface area (Å²) < 4.78 is 112. The van der Waals surface area contributed by atoms with Crippen molar-refractivity contribution in [2.75, 3.05) is 0 Å². The third-order valence-electron chi connectivity index (χ3n) is 3.07. The van der Waals surface area contributed by atoms with Crippen LogP contribution in [-0.2, 0) is 9.53 Å². The van der Waals surface area contributed by atoms with Crippen LogP contribution in [0.5, 0.6) is 5.75 Å². The molecule has 0 N–H and O–H groups in total. The van der Waals surface area contributed by atoms with Crippen molar-refractivity contribution in [1.82, 2.24) is 0 Å². The van der Waals surface area contributed by atoms with E-state index >= 15 is 0 Å². The van der Waals surface area contributed by atoms with Gasteiger partial charge >= 0.3 is 22.4 Å². The minimum absolute atomic E-state index is 0.0915. The Hall–Kier alpha value is -1.69. The van der Waals surface area contributed by atoms with Gasteiger partial charge in [0.2, 0.25) is 6.10 Å². The van der Waals surface area contributed by atoms with Gasteiger partial charge in [-0.25, -0.2) is 4.79 Å². The summed E-state index contributed by atoms with van der Waals surface area (Å²) in [5.74, 6) is -2.37. The number of benzene rings is 1.